The quantitative estimate of drug-likeness (QED) is 0.725. The lowest BCUT2D eigenvalue weighted by Crippen LogP contribution is -2.42. The maximum Gasteiger partial charge on any atom is 0.347 e. The fourth-order valence-corrected chi connectivity index (χ4v) is 2.21. The Morgan fingerprint density at radius 3 is 2.55 bits per heavy atom. The number of likely N-dealkylation sites (N-methyl/N-ethyl adjacent to an activating group) is 1. The number of carbonyl (C=O) groups excluding carboxylic acids is 1. The van der Waals surface area contributed by atoms with Gasteiger partial charge in [-0.15, -0.1) is 11.3 Å². The van der Waals surface area contributed by atoms with Crippen LogP contribution in [-0.4, -0.2) is 53.7 Å². The molecule has 1 aromatic heterocycles. The zero-order valence-electron chi connectivity index (χ0n) is 12.1. The zero-order chi connectivity index (χ0) is 15.3. The Kier molecular flexibility index (Phi) is 5.90. The fourth-order valence-electron chi connectivity index (χ4n) is 1.37. The highest BCUT2D eigenvalue weighted by atomic mass is 32.1. The van der Waals surface area contributed by atoms with Crippen molar-refractivity contribution in [1.82, 2.24) is 20.5 Å². The SMILES string of the molecule is Cc1nc(CNC(=O)NCC(C)N(C)C)sc1C(=O)O. The molecule has 3 N–H and O–H groups in total. The molecule has 0 bridgehead atoms. The summed E-state index contributed by atoms with van der Waals surface area (Å²) < 4.78 is 0. The number of hydrogen-bond acceptors (Lipinski definition) is 5. The van der Waals surface area contributed by atoms with Gasteiger partial charge in [-0.3, -0.25) is 0 Å². The van der Waals surface area contributed by atoms with Crippen molar-refractivity contribution in [2.24, 2.45) is 0 Å². The molecule has 0 saturated heterocycles. The van der Waals surface area contributed by atoms with Gasteiger partial charge in [0.2, 0.25) is 0 Å². The van der Waals surface area contributed by atoms with Crippen LogP contribution in [0, 0.1) is 6.92 Å². The summed E-state index contributed by atoms with van der Waals surface area (Å²) in [6, 6.07) is -0.0510. The van der Waals surface area contributed by atoms with Crippen LogP contribution in [0.5, 0.6) is 0 Å². The van der Waals surface area contributed by atoms with Crippen molar-refractivity contribution in [2.45, 2.75) is 26.4 Å². The topological polar surface area (TPSA) is 94.6 Å². The van der Waals surface area contributed by atoms with Crippen molar-refractivity contribution < 1.29 is 14.7 Å². The Bertz CT molecular complexity index is 487. The van der Waals surface area contributed by atoms with E-state index in [1.165, 1.54) is 0 Å². The lowest BCUT2D eigenvalue weighted by Gasteiger charge is -2.19. The maximum atomic E-state index is 11.6. The van der Waals surface area contributed by atoms with Gasteiger partial charge in [-0.25, -0.2) is 14.6 Å². The smallest absolute Gasteiger partial charge is 0.347 e. The first-order valence-corrected chi connectivity index (χ1v) is 7.00. The number of aryl methyl sites for hydroxylation is 1. The Morgan fingerprint density at radius 1 is 1.40 bits per heavy atom. The number of thiazole rings is 1. The standard InChI is InChI=1S/C12H20N4O3S/c1-7(16(3)4)5-13-12(19)14-6-9-15-8(2)10(20-9)11(17)18/h7H,5-6H2,1-4H3,(H,17,18)(H2,13,14,19). The number of carboxylic acid groups (broad SMARTS) is 1. The van der Waals surface area contributed by atoms with Crippen molar-refractivity contribution in [2.75, 3.05) is 20.6 Å². The van der Waals surface area contributed by atoms with Crippen LogP contribution in [0.4, 0.5) is 4.79 Å². The zero-order valence-corrected chi connectivity index (χ0v) is 12.9. The molecule has 0 spiro atoms. The normalized spacial score (nSPS) is 12.2. The van der Waals surface area contributed by atoms with Gasteiger partial charge in [0.1, 0.15) is 9.88 Å². The number of rotatable bonds is 6. The molecule has 0 fully saturated rings. The number of nitrogens with one attached hydrogen (secondary N) is 2. The van der Waals surface area contributed by atoms with E-state index < -0.39 is 5.97 Å². The van der Waals surface area contributed by atoms with E-state index in [-0.39, 0.29) is 23.5 Å². The molecule has 8 heteroatoms. The Balaban J connectivity index is 2.41. The van der Waals surface area contributed by atoms with Crippen molar-refractivity contribution in [1.29, 1.82) is 0 Å². The molecule has 7 nitrogen and oxygen atoms in total. The summed E-state index contributed by atoms with van der Waals surface area (Å²) in [5.74, 6) is -0.990. The van der Waals surface area contributed by atoms with Crippen LogP contribution in [0.3, 0.4) is 0 Å². The van der Waals surface area contributed by atoms with Crippen LogP contribution in [0.15, 0.2) is 0 Å². The van der Waals surface area contributed by atoms with Gasteiger partial charge in [0.25, 0.3) is 0 Å². The number of aromatic nitrogens is 1. The largest absolute Gasteiger partial charge is 0.477 e. The first-order valence-electron chi connectivity index (χ1n) is 6.19. The summed E-state index contributed by atoms with van der Waals surface area (Å²) in [5, 5.41) is 14.9. The van der Waals surface area contributed by atoms with Crippen LogP contribution in [-0.2, 0) is 6.54 Å². The number of aromatic carboxylic acids is 1. The van der Waals surface area contributed by atoms with E-state index in [2.05, 4.69) is 15.6 Å². The van der Waals surface area contributed by atoms with Crippen molar-refractivity contribution in [3.63, 3.8) is 0 Å². The third-order valence-electron chi connectivity index (χ3n) is 2.87. The van der Waals surface area contributed by atoms with Gasteiger partial charge in [-0.1, -0.05) is 0 Å². The lowest BCUT2D eigenvalue weighted by atomic mass is 10.3. The third-order valence-corrected chi connectivity index (χ3v) is 4.02. The van der Waals surface area contributed by atoms with Crippen molar-refractivity contribution in [3.8, 4) is 0 Å². The minimum Gasteiger partial charge on any atom is -0.477 e. The highest BCUT2D eigenvalue weighted by Crippen LogP contribution is 2.17. The second kappa shape index (κ2) is 7.20. The van der Waals surface area contributed by atoms with Crippen LogP contribution in [0.2, 0.25) is 0 Å². The molecule has 0 aliphatic heterocycles. The van der Waals surface area contributed by atoms with Gasteiger partial charge >= 0.3 is 12.0 Å². The number of carboxylic acids is 1. The molecule has 1 rings (SSSR count). The molecule has 2 amide bonds. The molecule has 0 radical (unpaired) electrons. The van der Waals surface area contributed by atoms with E-state index in [1.807, 2.05) is 25.9 Å². The van der Waals surface area contributed by atoms with Crippen LogP contribution >= 0.6 is 11.3 Å². The van der Waals surface area contributed by atoms with Gasteiger partial charge < -0.3 is 20.6 Å². The van der Waals surface area contributed by atoms with Crippen molar-refractivity contribution in [3.05, 3.63) is 15.6 Å². The minimum atomic E-state index is -0.990. The molecular weight excluding hydrogens is 280 g/mol. The van der Waals surface area contributed by atoms with Crippen LogP contribution in [0.25, 0.3) is 0 Å². The van der Waals surface area contributed by atoms with E-state index in [9.17, 15) is 9.59 Å². The predicted molar refractivity (Wildman–Crippen MR) is 77.2 cm³/mol. The number of carbonyl (C=O) groups is 2. The molecular formula is C12H20N4O3S. The number of amides is 2. The van der Waals surface area contributed by atoms with Gasteiger partial charge in [-0.05, 0) is 27.9 Å². The molecule has 0 aliphatic carbocycles. The summed E-state index contributed by atoms with van der Waals surface area (Å²) in [4.78, 5) is 28.8. The number of nitrogens with zero attached hydrogens (tertiary/aromatic N) is 2. The van der Waals surface area contributed by atoms with Gasteiger partial charge in [0, 0.05) is 12.6 Å². The lowest BCUT2D eigenvalue weighted by molar-refractivity contribution is 0.0701. The van der Waals surface area contributed by atoms with E-state index in [0.29, 0.717) is 17.2 Å². The first kappa shape index (κ1) is 16.4. The summed E-state index contributed by atoms with van der Waals surface area (Å²) in [5.41, 5.74) is 0.473. The van der Waals surface area contributed by atoms with E-state index in [0.717, 1.165) is 11.3 Å². The fraction of sp³-hybridized carbons (Fsp3) is 0.583. The summed E-state index contributed by atoms with van der Waals surface area (Å²) in [6.45, 7) is 4.41. The molecule has 0 saturated carbocycles. The molecule has 112 valence electrons. The summed E-state index contributed by atoms with van der Waals surface area (Å²) in [6.07, 6.45) is 0. The molecule has 1 unspecified atom stereocenters. The monoisotopic (exact) mass is 300 g/mol. The highest BCUT2D eigenvalue weighted by Gasteiger charge is 2.14. The second-order valence-electron chi connectivity index (χ2n) is 4.70. The molecule has 1 heterocycles. The number of hydrogen-bond donors (Lipinski definition) is 3. The van der Waals surface area contributed by atoms with Crippen LogP contribution < -0.4 is 10.6 Å². The highest BCUT2D eigenvalue weighted by molar-refractivity contribution is 7.13. The summed E-state index contributed by atoms with van der Waals surface area (Å²) >= 11 is 1.08. The average Bonchev–Trinajstić information content (AvgIpc) is 2.74. The van der Waals surface area contributed by atoms with Gasteiger partial charge in [0.05, 0.1) is 12.2 Å². The minimum absolute atomic E-state index is 0.212. The van der Waals surface area contributed by atoms with Gasteiger partial charge in [0.15, 0.2) is 0 Å². The Labute approximate surface area is 122 Å². The molecule has 1 atom stereocenters. The van der Waals surface area contributed by atoms with Gasteiger partial charge in [-0.2, -0.15) is 0 Å². The molecule has 20 heavy (non-hydrogen) atoms. The Morgan fingerprint density at radius 2 is 2.05 bits per heavy atom. The van der Waals surface area contributed by atoms with E-state index >= 15 is 0 Å². The Hall–Kier alpha value is -1.67. The van der Waals surface area contributed by atoms with E-state index in [1.54, 1.807) is 6.92 Å². The average molecular weight is 300 g/mol. The molecule has 0 aliphatic rings. The maximum absolute atomic E-state index is 11.6. The predicted octanol–water partition coefficient (Wildman–Crippen LogP) is 0.899. The molecule has 0 aromatic carbocycles. The molecule has 1 aromatic rings. The van der Waals surface area contributed by atoms with Crippen molar-refractivity contribution >= 4 is 23.3 Å². The van der Waals surface area contributed by atoms with Crippen LogP contribution in [0.1, 0.15) is 27.3 Å². The second-order valence-corrected chi connectivity index (χ2v) is 5.79. The number of urea groups is 1. The summed E-state index contributed by atoms with van der Waals surface area (Å²) in [7, 11) is 3.88. The third kappa shape index (κ3) is 4.78. The first-order chi connectivity index (χ1) is 9.31. The van der Waals surface area contributed by atoms with E-state index in [4.69, 9.17) is 5.11 Å².